The number of aromatic nitrogens is 2. The van der Waals surface area contributed by atoms with Crippen molar-refractivity contribution in [1.29, 1.82) is 0 Å². The van der Waals surface area contributed by atoms with Crippen molar-refractivity contribution < 1.29 is 8.42 Å². The van der Waals surface area contributed by atoms with Crippen LogP contribution < -0.4 is 10.0 Å². The van der Waals surface area contributed by atoms with E-state index < -0.39 is 10.0 Å². The molecule has 0 aromatic carbocycles. The minimum absolute atomic E-state index is 0.114. The van der Waals surface area contributed by atoms with Crippen molar-refractivity contribution in [3.8, 4) is 0 Å². The van der Waals surface area contributed by atoms with Crippen LogP contribution in [-0.2, 0) is 10.0 Å². The highest BCUT2D eigenvalue weighted by Gasteiger charge is 2.05. The van der Waals surface area contributed by atoms with Gasteiger partial charge in [-0.25, -0.2) is 18.1 Å². The van der Waals surface area contributed by atoms with Gasteiger partial charge in [0.1, 0.15) is 5.82 Å². The molecule has 0 amide bonds. The van der Waals surface area contributed by atoms with Crippen molar-refractivity contribution >= 4 is 15.8 Å². The Morgan fingerprint density at radius 3 is 2.67 bits per heavy atom. The van der Waals surface area contributed by atoms with Crippen molar-refractivity contribution in [3.05, 3.63) is 17.6 Å². The van der Waals surface area contributed by atoms with Gasteiger partial charge in [0.15, 0.2) is 0 Å². The topological polar surface area (TPSA) is 84.0 Å². The smallest absolute Gasteiger partial charge is 0.211 e. The molecule has 1 aromatic heterocycles. The molecule has 1 aromatic rings. The Balaban J connectivity index is 2.32. The monoisotopic (exact) mass is 272 g/mol. The quantitative estimate of drug-likeness (QED) is 0.718. The highest BCUT2D eigenvalue weighted by molar-refractivity contribution is 7.89. The number of hydrogen-bond acceptors (Lipinski definition) is 5. The molecule has 102 valence electrons. The van der Waals surface area contributed by atoms with Crippen LogP contribution >= 0.6 is 0 Å². The molecular weight excluding hydrogens is 252 g/mol. The Morgan fingerprint density at radius 1 is 1.28 bits per heavy atom. The second kappa shape index (κ2) is 6.65. The summed E-state index contributed by atoms with van der Waals surface area (Å²) in [5, 5.41) is 3.15. The SMILES string of the molecule is CCS(=O)(=O)NCCCNc1nc(C)cnc1C. The highest BCUT2D eigenvalue weighted by Crippen LogP contribution is 2.07. The molecule has 0 spiro atoms. The molecular formula is C11H20N4O2S. The molecule has 1 heterocycles. The Bertz CT molecular complexity index is 488. The third kappa shape index (κ3) is 4.97. The van der Waals surface area contributed by atoms with E-state index in [9.17, 15) is 8.42 Å². The maximum atomic E-state index is 11.2. The van der Waals surface area contributed by atoms with E-state index in [4.69, 9.17) is 0 Å². The summed E-state index contributed by atoms with van der Waals surface area (Å²) < 4.78 is 24.9. The lowest BCUT2D eigenvalue weighted by atomic mass is 10.4. The lowest BCUT2D eigenvalue weighted by Crippen LogP contribution is -2.27. The molecule has 0 atom stereocenters. The third-order valence-electron chi connectivity index (χ3n) is 2.42. The van der Waals surface area contributed by atoms with Gasteiger partial charge in [0, 0.05) is 19.3 Å². The maximum Gasteiger partial charge on any atom is 0.211 e. The Labute approximate surface area is 108 Å². The van der Waals surface area contributed by atoms with Crippen molar-refractivity contribution in [2.45, 2.75) is 27.2 Å². The van der Waals surface area contributed by atoms with Crippen LogP contribution in [0.25, 0.3) is 0 Å². The summed E-state index contributed by atoms with van der Waals surface area (Å²) in [5.41, 5.74) is 1.70. The van der Waals surface area contributed by atoms with Gasteiger partial charge in [-0.1, -0.05) is 0 Å². The van der Waals surface area contributed by atoms with Crippen LogP contribution in [0.4, 0.5) is 5.82 Å². The predicted octanol–water partition coefficient (Wildman–Crippen LogP) is 0.835. The van der Waals surface area contributed by atoms with Gasteiger partial charge in [-0.15, -0.1) is 0 Å². The molecule has 0 aliphatic heterocycles. The molecule has 0 bridgehead atoms. The normalized spacial score (nSPS) is 11.5. The molecule has 2 N–H and O–H groups in total. The zero-order valence-electron chi connectivity index (χ0n) is 11.0. The summed E-state index contributed by atoms with van der Waals surface area (Å²) in [7, 11) is -3.09. The third-order valence-corrected chi connectivity index (χ3v) is 3.83. The van der Waals surface area contributed by atoms with Crippen LogP contribution in [0.3, 0.4) is 0 Å². The number of rotatable bonds is 7. The minimum atomic E-state index is -3.09. The summed E-state index contributed by atoms with van der Waals surface area (Å²) in [6.45, 7) is 6.47. The van der Waals surface area contributed by atoms with Crippen molar-refractivity contribution in [3.63, 3.8) is 0 Å². The Morgan fingerprint density at radius 2 is 2.00 bits per heavy atom. The molecule has 0 aliphatic carbocycles. The number of aryl methyl sites for hydroxylation is 2. The summed E-state index contributed by atoms with van der Waals surface area (Å²) in [5.74, 6) is 0.872. The lowest BCUT2D eigenvalue weighted by Gasteiger charge is -2.09. The molecule has 18 heavy (non-hydrogen) atoms. The van der Waals surface area contributed by atoms with Gasteiger partial charge in [0.05, 0.1) is 17.1 Å². The fraction of sp³-hybridized carbons (Fsp3) is 0.636. The minimum Gasteiger partial charge on any atom is -0.369 e. The van der Waals surface area contributed by atoms with E-state index in [-0.39, 0.29) is 5.75 Å². The number of nitrogens with zero attached hydrogens (tertiary/aromatic N) is 2. The van der Waals surface area contributed by atoms with Gasteiger partial charge in [0.25, 0.3) is 0 Å². The van der Waals surface area contributed by atoms with Gasteiger partial charge in [-0.3, -0.25) is 4.98 Å². The molecule has 7 heteroatoms. The first-order valence-electron chi connectivity index (χ1n) is 5.96. The molecule has 0 fully saturated rings. The molecule has 0 aliphatic rings. The standard InChI is InChI=1S/C11H20N4O2S/c1-4-18(16,17)14-7-5-6-12-11-10(3)13-8-9(2)15-11/h8,14H,4-7H2,1-3H3,(H,12,15). The van der Waals surface area contributed by atoms with E-state index in [1.165, 1.54) is 0 Å². The van der Waals surface area contributed by atoms with Gasteiger partial charge in [0.2, 0.25) is 10.0 Å². The number of nitrogens with one attached hydrogen (secondary N) is 2. The lowest BCUT2D eigenvalue weighted by molar-refractivity contribution is 0.581. The van der Waals surface area contributed by atoms with Crippen LogP contribution in [0.2, 0.25) is 0 Å². The fourth-order valence-corrected chi connectivity index (χ4v) is 1.99. The molecule has 0 saturated carbocycles. The first-order valence-corrected chi connectivity index (χ1v) is 7.61. The van der Waals surface area contributed by atoms with E-state index in [2.05, 4.69) is 20.0 Å². The van der Waals surface area contributed by atoms with Crippen LogP contribution in [-0.4, -0.2) is 37.2 Å². The molecule has 1 rings (SSSR count). The molecule has 6 nitrogen and oxygen atoms in total. The maximum absolute atomic E-state index is 11.2. The Kier molecular flexibility index (Phi) is 5.49. The first-order chi connectivity index (χ1) is 8.44. The van der Waals surface area contributed by atoms with E-state index in [1.54, 1.807) is 13.1 Å². The van der Waals surface area contributed by atoms with E-state index in [0.717, 1.165) is 17.2 Å². The molecule has 0 saturated heterocycles. The summed E-state index contributed by atoms with van der Waals surface area (Å²) in [4.78, 5) is 8.52. The molecule has 0 radical (unpaired) electrons. The summed E-state index contributed by atoms with van der Waals surface area (Å²) >= 11 is 0. The van der Waals surface area contributed by atoms with E-state index in [0.29, 0.717) is 19.5 Å². The highest BCUT2D eigenvalue weighted by atomic mass is 32.2. The number of anilines is 1. The van der Waals surface area contributed by atoms with Gasteiger partial charge < -0.3 is 5.32 Å². The zero-order chi connectivity index (χ0) is 13.6. The van der Waals surface area contributed by atoms with Crippen molar-refractivity contribution in [2.75, 3.05) is 24.2 Å². The van der Waals surface area contributed by atoms with Crippen molar-refractivity contribution in [2.24, 2.45) is 0 Å². The second-order valence-electron chi connectivity index (χ2n) is 4.02. The van der Waals surface area contributed by atoms with Crippen LogP contribution in [0.15, 0.2) is 6.20 Å². The van der Waals surface area contributed by atoms with Crippen LogP contribution in [0.5, 0.6) is 0 Å². The first kappa shape index (κ1) is 14.8. The largest absolute Gasteiger partial charge is 0.369 e. The van der Waals surface area contributed by atoms with Gasteiger partial charge in [-0.2, -0.15) is 0 Å². The van der Waals surface area contributed by atoms with Crippen LogP contribution in [0.1, 0.15) is 24.7 Å². The molecule has 0 unspecified atom stereocenters. The number of sulfonamides is 1. The van der Waals surface area contributed by atoms with Gasteiger partial charge >= 0.3 is 0 Å². The average Bonchev–Trinajstić information content (AvgIpc) is 2.33. The predicted molar refractivity (Wildman–Crippen MR) is 72.1 cm³/mol. The van der Waals surface area contributed by atoms with E-state index >= 15 is 0 Å². The fourth-order valence-electron chi connectivity index (χ4n) is 1.33. The average molecular weight is 272 g/mol. The van der Waals surface area contributed by atoms with Crippen molar-refractivity contribution in [1.82, 2.24) is 14.7 Å². The van der Waals surface area contributed by atoms with Gasteiger partial charge in [-0.05, 0) is 27.2 Å². The van der Waals surface area contributed by atoms with E-state index in [1.807, 2.05) is 13.8 Å². The summed E-state index contributed by atoms with van der Waals surface area (Å²) in [6.07, 6.45) is 2.42. The zero-order valence-corrected chi connectivity index (χ0v) is 11.8. The summed E-state index contributed by atoms with van der Waals surface area (Å²) in [6, 6.07) is 0. The van der Waals surface area contributed by atoms with Crippen LogP contribution in [0, 0.1) is 13.8 Å². The Hall–Kier alpha value is -1.21. The number of hydrogen-bond donors (Lipinski definition) is 2. The second-order valence-corrected chi connectivity index (χ2v) is 6.12.